The van der Waals surface area contributed by atoms with Crippen molar-refractivity contribution in [2.24, 2.45) is 10.2 Å². The van der Waals surface area contributed by atoms with Crippen LogP contribution in [0.4, 0.5) is 45.8 Å². The van der Waals surface area contributed by atoms with E-state index < -0.39 is 10.8 Å². The SMILES string of the molecule is [C-]#[N+]c1cccc([N+]#[C-])c1NNc1c(C(C)(C)C)nn(-c2cc(-n3nc(C(C)(C)C)c(N=Nc4c(C#N)cccc4C#N)c3N)ncn2)c1N. The Hall–Kier alpha value is -7.30. The van der Waals surface area contributed by atoms with Crippen molar-refractivity contribution in [3.05, 3.63) is 94.1 Å². The average Bonchev–Trinajstić information content (AvgIpc) is 3.62. The van der Waals surface area contributed by atoms with Crippen molar-refractivity contribution in [2.45, 2.75) is 52.4 Å². The molecule has 0 fully saturated rings. The van der Waals surface area contributed by atoms with E-state index in [4.69, 9.17) is 34.8 Å². The molecule has 5 rings (SSSR count). The van der Waals surface area contributed by atoms with E-state index in [0.29, 0.717) is 28.6 Å². The minimum Gasteiger partial charge on any atom is -0.382 e. The van der Waals surface area contributed by atoms with Crippen LogP contribution in [0.15, 0.2) is 59.0 Å². The van der Waals surface area contributed by atoms with Gasteiger partial charge in [-0.2, -0.15) is 30.1 Å². The Labute approximate surface area is 288 Å². The van der Waals surface area contributed by atoms with E-state index in [1.807, 2.05) is 53.7 Å². The minimum atomic E-state index is -0.545. The molecule has 16 heteroatoms. The second-order valence-corrected chi connectivity index (χ2v) is 13.0. The van der Waals surface area contributed by atoms with Gasteiger partial charge in [0.1, 0.15) is 29.8 Å². The quantitative estimate of drug-likeness (QED) is 0.0772. The first-order chi connectivity index (χ1) is 23.7. The maximum absolute atomic E-state index is 9.59. The Morgan fingerprint density at radius 3 is 1.72 bits per heavy atom. The highest BCUT2D eigenvalue weighted by molar-refractivity contribution is 5.85. The molecule has 2 aromatic carbocycles. The fourth-order valence-corrected chi connectivity index (χ4v) is 4.92. The van der Waals surface area contributed by atoms with Crippen molar-refractivity contribution < 1.29 is 0 Å². The Morgan fingerprint density at radius 1 is 0.720 bits per heavy atom. The first kappa shape index (κ1) is 34.0. The molecule has 5 aromatic rings. The largest absolute Gasteiger partial charge is 0.382 e. The number of anilines is 4. The number of rotatable bonds is 7. The summed E-state index contributed by atoms with van der Waals surface area (Å²) in [6.07, 6.45) is 1.32. The van der Waals surface area contributed by atoms with Crippen LogP contribution in [-0.4, -0.2) is 29.5 Å². The van der Waals surface area contributed by atoms with Gasteiger partial charge in [-0.1, -0.05) is 65.8 Å². The topological polar surface area (TPSA) is 219 Å². The highest BCUT2D eigenvalue weighted by Crippen LogP contribution is 2.40. The number of benzene rings is 2. The molecule has 0 amide bonds. The molecule has 0 spiro atoms. The molecule has 0 aliphatic carbocycles. The molecule has 0 saturated carbocycles. The van der Waals surface area contributed by atoms with Crippen LogP contribution in [0.2, 0.25) is 0 Å². The summed E-state index contributed by atoms with van der Waals surface area (Å²) in [5.74, 6) is 0.883. The second kappa shape index (κ2) is 13.1. The van der Waals surface area contributed by atoms with E-state index >= 15 is 0 Å². The lowest BCUT2D eigenvalue weighted by Crippen LogP contribution is -2.18. The summed E-state index contributed by atoms with van der Waals surface area (Å²) < 4.78 is 2.85. The van der Waals surface area contributed by atoms with Gasteiger partial charge in [0.05, 0.1) is 41.3 Å². The van der Waals surface area contributed by atoms with Gasteiger partial charge in [-0.15, -0.1) is 10.2 Å². The monoisotopic (exact) mass is 664 g/mol. The van der Waals surface area contributed by atoms with E-state index in [1.54, 1.807) is 42.5 Å². The molecule has 16 nitrogen and oxygen atoms in total. The van der Waals surface area contributed by atoms with Gasteiger partial charge in [0, 0.05) is 16.9 Å². The summed E-state index contributed by atoms with van der Waals surface area (Å²) >= 11 is 0. The van der Waals surface area contributed by atoms with Gasteiger partial charge in [-0.25, -0.2) is 19.7 Å². The van der Waals surface area contributed by atoms with Gasteiger partial charge in [-0.05, 0) is 12.1 Å². The third-order valence-corrected chi connectivity index (χ3v) is 7.41. The molecular formula is C34H32N16. The van der Waals surface area contributed by atoms with Crippen LogP contribution in [0.1, 0.15) is 64.1 Å². The molecule has 3 heterocycles. The number of nitrogens with two attached hydrogens (primary N) is 2. The molecule has 0 bridgehead atoms. The minimum absolute atomic E-state index is 0.112. The lowest BCUT2D eigenvalue weighted by Gasteiger charge is -2.19. The third-order valence-electron chi connectivity index (χ3n) is 7.41. The predicted molar refractivity (Wildman–Crippen MR) is 189 cm³/mol. The van der Waals surface area contributed by atoms with Gasteiger partial charge in [0.15, 0.2) is 29.0 Å². The number of aromatic nitrogens is 6. The van der Waals surface area contributed by atoms with Crippen molar-refractivity contribution in [1.29, 1.82) is 10.5 Å². The zero-order chi connectivity index (χ0) is 36.4. The zero-order valence-electron chi connectivity index (χ0n) is 28.1. The number of azo groups is 1. The van der Waals surface area contributed by atoms with Gasteiger partial charge in [0.25, 0.3) is 0 Å². The van der Waals surface area contributed by atoms with Gasteiger partial charge in [0.2, 0.25) is 11.4 Å². The second-order valence-electron chi connectivity index (χ2n) is 13.0. The summed E-state index contributed by atoms with van der Waals surface area (Å²) in [6.45, 7) is 26.8. The maximum atomic E-state index is 9.59. The van der Waals surface area contributed by atoms with Crippen molar-refractivity contribution >= 4 is 45.8 Å². The van der Waals surface area contributed by atoms with Gasteiger partial charge < -0.3 is 16.9 Å². The molecule has 50 heavy (non-hydrogen) atoms. The number of nitrogens with zero attached hydrogens (tertiary/aromatic N) is 12. The number of para-hydroxylation sites is 1. The first-order valence-electron chi connectivity index (χ1n) is 15.1. The number of nitrogens with one attached hydrogen (secondary N) is 2. The number of hydrazine groups is 1. The molecule has 0 aliphatic heterocycles. The lowest BCUT2D eigenvalue weighted by molar-refractivity contribution is 0.559. The van der Waals surface area contributed by atoms with Crippen LogP contribution < -0.4 is 22.3 Å². The van der Waals surface area contributed by atoms with Crippen LogP contribution in [-0.2, 0) is 10.8 Å². The van der Waals surface area contributed by atoms with Crippen LogP contribution >= 0.6 is 0 Å². The standard InChI is InChI=1S/C34H32N16/c1-33(2,3)29-27(45-43-25-19(16-35)11-9-12-20(25)17-36)31(37)49(47-29)23-15-24(42-18-41-23)50-32(38)28(30(48-50)34(4,5)6)46-44-26-21(39-7)13-10-14-22(26)40-8/h9-15,18,44,46H,37-38H2,1-6H3. The summed E-state index contributed by atoms with van der Waals surface area (Å²) in [5.41, 5.74) is 21.4. The van der Waals surface area contributed by atoms with E-state index in [2.05, 4.69) is 40.7 Å². The fourth-order valence-electron chi connectivity index (χ4n) is 4.92. The van der Waals surface area contributed by atoms with E-state index in [9.17, 15) is 10.5 Å². The number of nitrogen functional groups attached to an aromatic ring is 2. The molecule has 0 aliphatic rings. The summed E-state index contributed by atoms with van der Waals surface area (Å²) in [5, 5.41) is 37.4. The van der Waals surface area contributed by atoms with Crippen molar-refractivity contribution in [3.63, 3.8) is 0 Å². The Balaban J connectivity index is 1.59. The lowest BCUT2D eigenvalue weighted by atomic mass is 9.91. The average molecular weight is 665 g/mol. The van der Waals surface area contributed by atoms with E-state index in [0.717, 1.165) is 0 Å². The Bertz CT molecular complexity index is 2250. The van der Waals surface area contributed by atoms with Crippen molar-refractivity contribution in [1.82, 2.24) is 29.5 Å². The third kappa shape index (κ3) is 6.33. The number of nitriles is 2. The molecule has 0 saturated heterocycles. The highest BCUT2D eigenvalue weighted by atomic mass is 15.4. The smallest absolute Gasteiger partial charge is 0.201 e. The van der Waals surface area contributed by atoms with Crippen molar-refractivity contribution in [3.8, 4) is 23.8 Å². The number of hydrogen-bond donors (Lipinski definition) is 4. The Kier molecular flexibility index (Phi) is 8.90. The predicted octanol–water partition coefficient (Wildman–Crippen LogP) is 7.31. The van der Waals surface area contributed by atoms with Crippen molar-refractivity contribution in [2.75, 3.05) is 22.3 Å². The normalized spacial score (nSPS) is 11.4. The summed E-state index contributed by atoms with van der Waals surface area (Å²) in [7, 11) is 0. The summed E-state index contributed by atoms with van der Waals surface area (Å²) in [6, 6.07) is 15.3. The van der Waals surface area contributed by atoms with Crippen LogP contribution in [0, 0.1) is 35.8 Å². The van der Waals surface area contributed by atoms with E-state index in [-0.39, 0.29) is 51.3 Å². The van der Waals surface area contributed by atoms with Crippen LogP contribution in [0.5, 0.6) is 0 Å². The highest BCUT2D eigenvalue weighted by Gasteiger charge is 2.29. The number of hydrogen-bond acceptors (Lipinski definition) is 12. The molecule has 6 N–H and O–H groups in total. The molecule has 3 aromatic heterocycles. The van der Waals surface area contributed by atoms with E-state index in [1.165, 1.54) is 15.7 Å². The van der Waals surface area contributed by atoms with Crippen LogP contribution in [0.25, 0.3) is 21.3 Å². The summed E-state index contributed by atoms with van der Waals surface area (Å²) in [4.78, 5) is 15.9. The Morgan fingerprint density at radius 2 is 1.20 bits per heavy atom. The van der Waals surface area contributed by atoms with Gasteiger partial charge in [-0.3, -0.25) is 5.43 Å². The maximum Gasteiger partial charge on any atom is 0.201 e. The fraction of sp³-hybridized carbons (Fsp3) is 0.235. The molecule has 0 radical (unpaired) electrons. The molecule has 0 atom stereocenters. The van der Waals surface area contributed by atoms with Crippen LogP contribution in [0.3, 0.4) is 0 Å². The molecule has 0 unspecified atom stereocenters. The van der Waals surface area contributed by atoms with Gasteiger partial charge >= 0.3 is 0 Å². The first-order valence-corrected chi connectivity index (χ1v) is 15.1. The molecule has 248 valence electrons. The zero-order valence-corrected chi connectivity index (χ0v) is 28.1. The molecular weight excluding hydrogens is 632 g/mol.